The molecule has 0 aliphatic carbocycles. The molecule has 1 aromatic carbocycles. The van der Waals surface area contributed by atoms with Gasteiger partial charge in [0, 0.05) is 22.5 Å². The summed E-state index contributed by atoms with van der Waals surface area (Å²) in [6.07, 6.45) is 1.79. The predicted octanol–water partition coefficient (Wildman–Crippen LogP) is 4.10. The number of halogens is 1. The third-order valence-corrected chi connectivity index (χ3v) is 4.20. The molecule has 1 atom stereocenters. The smallest absolute Gasteiger partial charge is 0.249 e. The molecule has 1 fully saturated rings. The lowest BCUT2D eigenvalue weighted by atomic mass is 9.94. The van der Waals surface area contributed by atoms with Crippen molar-refractivity contribution in [2.24, 2.45) is 5.41 Å². The molecule has 2 aromatic rings. The Morgan fingerprint density at radius 3 is 2.87 bits per heavy atom. The molecule has 0 radical (unpaired) electrons. The van der Waals surface area contributed by atoms with Crippen LogP contribution in [0.1, 0.15) is 45.5 Å². The molecule has 1 aliphatic heterocycles. The SMILES string of the molecule is CC(C)(C)C(=O)N1CCCC1c1nc(-c2cccc(Cl)c2)no1. The molecule has 1 amide bonds. The van der Waals surface area contributed by atoms with E-state index >= 15 is 0 Å². The molecular formula is C17H20ClN3O2. The minimum absolute atomic E-state index is 0.113. The fraction of sp³-hybridized carbons (Fsp3) is 0.471. The van der Waals surface area contributed by atoms with E-state index in [4.69, 9.17) is 16.1 Å². The first-order chi connectivity index (χ1) is 10.9. The first kappa shape index (κ1) is 16.0. The average Bonchev–Trinajstić information content (AvgIpc) is 3.14. The molecule has 5 nitrogen and oxygen atoms in total. The van der Waals surface area contributed by atoms with Gasteiger partial charge in [-0.05, 0) is 25.0 Å². The zero-order valence-electron chi connectivity index (χ0n) is 13.5. The summed E-state index contributed by atoms with van der Waals surface area (Å²) in [6.45, 7) is 6.51. The second-order valence-electron chi connectivity index (χ2n) is 6.87. The molecule has 1 aromatic heterocycles. The maximum Gasteiger partial charge on any atom is 0.249 e. The average molecular weight is 334 g/mol. The lowest BCUT2D eigenvalue weighted by Gasteiger charge is -2.29. The van der Waals surface area contributed by atoms with E-state index in [0.29, 0.717) is 16.7 Å². The van der Waals surface area contributed by atoms with Gasteiger partial charge in [-0.25, -0.2) is 0 Å². The van der Waals surface area contributed by atoms with Gasteiger partial charge in [0.2, 0.25) is 17.6 Å². The molecular weight excluding hydrogens is 314 g/mol. The van der Waals surface area contributed by atoms with Crippen LogP contribution in [0.4, 0.5) is 0 Å². The van der Waals surface area contributed by atoms with Crippen molar-refractivity contribution in [1.29, 1.82) is 0 Å². The summed E-state index contributed by atoms with van der Waals surface area (Å²) < 4.78 is 5.44. The van der Waals surface area contributed by atoms with Crippen molar-refractivity contribution in [3.8, 4) is 11.4 Å². The van der Waals surface area contributed by atoms with Gasteiger partial charge in [-0.15, -0.1) is 0 Å². The van der Waals surface area contributed by atoms with E-state index in [9.17, 15) is 4.79 Å². The quantitative estimate of drug-likeness (QED) is 0.830. The minimum atomic E-state index is -0.418. The van der Waals surface area contributed by atoms with E-state index in [0.717, 1.165) is 24.9 Å². The highest BCUT2D eigenvalue weighted by atomic mass is 35.5. The molecule has 1 saturated heterocycles. The Morgan fingerprint density at radius 2 is 2.17 bits per heavy atom. The van der Waals surface area contributed by atoms with Gasteiger partial charge < -0.3 is 9.42 Å². The Bertz CT molecular complexity index is 721. The van der Waals surface area contributed by atoms with Gasteiger partial charge in [0.1, 0.15) is 6.04 Å². The maximum atomic E-state index is 12.6. The van der Waals surface area contributed by atoms with Gasteiger partial charge in [0.05, 0.1) is 0 Å². The van der Waals surface area contributed by atoms with Crippen molar-refractivity contribution in [3.05, 3.63) is 35.2 Å². The second kappa shape index (κ2) is 5.96. The summed E-state index contributed by atoms with van der Waals surface area (Å²) in [7, 11) is 0. The number of benzene rings is 1. The summed E-state index contributed by atoms with van der Waals surface area (Å²) in [4.78, 5) is 18.9. The highest BCUT2D eigenvalue weighted by Gasteiger charge is 2.38. The fourth-order valence-corrected chi connectivity index (χ4v) is 3.00. The van der Waals surface area contributed by atoms with Crippen molar-refractivity contribution in [2.45, 2.75) is 39.7 Å². The van der Waals surface area contributed by atoms with E-state index in [1.165, 1.54) is 0 Å². The number of rotatable bonds is 2. The van der Waals surface area contributed by atoms with Crippen molar-refractivity contribution in [1.82, 2.24) is 15.0 Å². The van der Waals surface area contributed by atoms with Crippen LogP contribution in [0.5, 0.6) is 0 Å². The summed E-state index contributed by atoms with van der Waals surface area (Å²) in [5, 5.41) is 4.67. The third kappa shape index (κ3) is 3.24. The van der Waals surface area contributed by atoms with Gasteiger partial charge in [-0.2, -0.15) is 4.98 Å². The number of hydrogen-bond donors (Lipinski definition) is 0. The Balaban J connectivity index is 1.86. The van der Waals surface area contributed by atoms with Gasteiger partial charge in [0.15, 0.2) is 0 Å². The molecule has 0 N–H and O–H groups in total. The monoisotopic (exact) mass is 333 g/mol. The first-order valence-corrected chi connectivity index (χ1v) is 8.14. The molecule has 1 unspecified atom stereocenters. The van der Waals surface area contributed by atoms with Gasteiger partial charge in [0.25, 0.3) is 0 Å². The summed E-state index contributed by atoms with van der Waals surface area (Å²) in [6, 6.07) is 7.18. The molecule has 23 heavy (non-hydrogen) atoms. The lowest BCUT2D eigenvalue weighted by molar-refractivity contribution is -0.140. The maximum absolute atomic E-state index is 12.6. The van der Waals surface area contributed by atoms with Crippen LogP contribution >= 0.6 is 11.6 Å². The number of aromatic nitrogens is 2. The van der Waals surface area contributed by atoms with Crippen LogP contribution in [0.15, 0.2) is 28.8 Å². The number of amides is 1. The molecule has 0 saturated carbocycles. The molecule has 1 aliphatic rings. The van der Waals surface area contributed by atoms with E-state index in [1.807, 2.05) is 37.8 Å². The van der Waals surface area contributed by atoms with Crippen LogP contribution in [-0.2, 0) is 4.79 Å². The summed E-state index contributed by atoms with van der Waals surface area (Å²) in [5.41, 5.74) is 0.387. The number of likely N-dealkylation sites (tertiary alicyclic amines) is 1. The highest BCUT2D eigenvalue weighted by molar-refractivity contribution is 6.30. The number of carbonyl (C=O) groups is 1. The van der Waals surface area contributed by atoms with Crippen LogP contribution in [0.3, 0.4) is 0 Å². The molecule has 2 heterocycles. The minimum Gasteiger partial charge on any atom is -0.337 e. The number of hydrogen-bond acceptors (Lipinski definition) is 4. The Hall–Kier alpha value is -1.88. The van der Waals surface area contributed by atoms with Gasteiger partial charge in [-0.3, -0.25) is 4.79 Å². The Labute approximate surface area is 140 Å². The van der Waals surface area contributed by atoms with Crippen LogP contribution in [0.2, 0.25) is 5.02 Å². The van der Waals surface area contributed by atoms with Crippen molar-refractivity contribution >= 4 is 17.5 Å². The van der Waals surface area contributed by atoms with Gasteiger partial charge >= 0.3 is 0 Å². The predicted molar refractivity (Wildman–Crippen MR) is 87.9 cm³/mol. The van der Waals surface area contributed by atoms with Crippen LogP contribution in [0, 0.1) is 5.41 Å². The number of nitrogens with zero attached hydrogens (tertiary/aromatic N) is 3. The van der Waals surface area contributed by atoms with E-state index < -0.39 is 5.41 Å². The van der Waals surface area contributed by atoms with Crippen LogP contribution in [0.25, 0.3) is 11.4 Å². The Morgan fingerprint density at radius 1 is 1.39 bits per heavy atom. The molecule has 3 rings (SSSR count). The normalized spacial score (nSPS) is 18.4. The lowest BCUT2D eigenvalue weighted by Crippen LogP contribution is -2.39. The molecule has 122 valence electrons. The van der Waals surface area contributed by atoms with E-state index in [2.05, 4.69) is 10.1 Å². The number of carbonyl (C=O) groups excluding carboxylic acids is 1. The topological polar surface area (TPSA) is 59.2 Å². The van der Waals surface area contributed by atoms with E-state index in [-0.39, 0.29) is 11.9 Å². The van der Waals surface area contributed by atoms with Gasteiger partial charge in [-0.1, -0.05) is 49.7 Å². The third-order valence-electron chi connectivity index (χ3n) is 3.96. The Kier molecular flexibility index (Phi) is 4.15. The zero-order chi connectivity index (χ0) is 16.6. The molecule has 0 bridgehead atoms. The zero-order valence-corrected chi connectivity index (χ0v) is 14.3. The second-order valence-corrected chi connectivity index (χ2v) is 7.31. The van der Waals surface area contributed by atoms with Crippen molar-refractivity contribution in [3.63, 3.8) is 0 Å². The van der Waals surface area contributed by atoms with Crippen molar-refractivity contribution < 1.29 is 9.32 Å². The summed E-state index contributed by atoms with van der Waals surface area (Å²) in [5.74, 6) is 1.11. The molecule has 0 spiro atoms. The van der Waals surface area contributed by atoms with E-state index in [1.54, 1.807) is 12.1 Å². The molecule has 6 heteroatoms. The largest absolute Gasteiger partial charge is 0.337 e. The van der Waals surface area contributed by atoms with Crippen LogP contribution in [-0.4, -0.2) is 27.5 Å². The van der Waals surface area contributed by atoms with Crippen molar-refractivity contribution in [2.75, 3.05) is 6.54 Å². The first-order valence-electron chi connectivity index (χ1n) is 7.77. The fourth-order valence-electron chi connectivity index (χ4n) is 2.81. The summed E-state index contributed by atoms with van der Waals surface area (Å²) >= 11 is 6.00. The van der Waals surface area contributed by atoms with Crippen LogP contribution < -0.4 is 0 Å². The standard InChI is InChI=1S/C17H20ClN3O2/c1-17(2,3)16(22)21-9-5-8-13(21)15-19-14(20-23-15)11-6-4-7-12(18)10-11/h4,6-7,10,13H,5,8-9H2,1-3H3. The highest BCUT2D eigenvalue weighted by Crippen LogP contribution is 2.35.